The second kappa shape index (κ2) is 5.27. The van der Waals surface area contributed by atoms with Crippen LogP contribution in [0.1, 0.15) is 0 Å². The van der Waals surface area contributed by atoms with E-state index >= 15 is 0 Å². The number of rotatable bonds is 3. The molecule has 0 atom stereocenters. The first-order chi connectivity index (χ1) is 9.70. The Hall–Kier alpha value is -2.46. The van der Waals surface area contributed by atoms with E-state index < -0.39 is 0 Å². The normalized spacial score (nSPS) is 10.4. The summed E-state index contributed by atoms with van der Waals surface area (Å²) < 4.78 is 5.40. The van der Waals surface area contributed by atoms with Gasteiger partial charge in [-0.25, -0.2) is 0 Å². The van der Waals surface area contributed by atoms with Gasteiger partial charge < -0.3 is 15.5 Å². The van der Waals surface area contributed by atoms with E-state index in [0.717, 1.165) is 22.6 Å². The molecular formula is C15H12ClN3O. The zero-order valence-corrected chi connectivity index (χ0v) is 11.3. The molecule has 0 spiro atoms. The topological polar surface area (TPSA) is 64.1 Å². The van der Waals surface area contributed by atoms with Gasteiger partial charge in [-0.15, -0.1) is 0 Å². The lowest BCUT2D eigenvalue weighted by Crippen LogP contribution is -1.90. The molecule has 0 unspecified atom stereocenters. The molecule has 0 aliphatic heterocycles. The molecule has 2 aromatic carbocycles. The van der Waals surface area contributed by atoms with E-state index in [4.69, 9.17) is 21.8 Å². The molecule has 5 heteroatoms. The molecule has 1 heterocycles. The number of benzene rings is 2. The maximum absolute atomic E-state index is 5.83. The molecule has 0 aliphatic carbocycles. The largest absolute Gasteiger partial charge is 0.431 e. The third-order valence-corrected chi connectivity index (χ3v) is 3.06. The average Bonchev–Trinajstić information content (AvgIpc) is 2.91. The monoisotopic (exact) mass is 285 g/mol. The summed E-state index contributed by atoms with van der Waals surface area (Å²) in [5, 5.41) is 3.76. The number of anilines is 3. The zero-order chi connectivity index (χ0) is 13.9. The Morgan fingerprint density at radius 2 is 1.70 bits per heavy atom. The van der Waals surface area contributed by atoms with Crippen LogP contribution < -0.4 is 11.1 Å². The van der Waals surface area contributed by atoms with Gasteiger partial charge in [0, 0.05) is 22.0 Å². The lowest BCUT2D eigenvalue weighted by molar-refractivity contribution is 0.578. The third-order valence-electron chi connectivity index (χ3n) is 2.81. The molecule has 0 saturated heterocycles. The summed E-state index contributed by atoms with van der Waals surface area (Å²) in [6, 6.07) is 15.2. The Morgan fingerprint density at radius 3 is 2.40 bits per heavy atom. The van der Waals surface area contributed by atoms with Gasteiger partial charge in [0.1, 0.15) is 12.0 Å². The first-order valence-corrected chi connectivity index (χ1v) is 6.42. The molecule has 0 amide bonds. The van der Waals surface area contributed by atoms with E-state index in [-0.39, 0.29) is 0 Å². The fourth-order valence-corrected chi connectivity index (χ4v) is 1.90. The van der Waals surface area contributed by atoms with Crippen molar-refractivity contribution in [3.63, 3.8) is 0 Å². The minimum atomic E-state index is 0.430. The second-order valence-electron chi connectivity index (χ2n) is 4.29. The molecule has 0 radical (unpaired) electrons. The summed E-state index contributed by atoms with van der Waals surface area (Å²) in [5.41, 5.74) is 8.94. The van der Waals surface area contributed by atoms with Crippen molar-refractivity contribution >= 4 is 29.0 Å². The predicted molar refractivity (Wildman–Crippen MR) is 81.1 cm³/mol. The van der Waals surface area contributed by atoms with E-state index in [9.17, 15) is 0 Å². The first-order valence-electron chi connectivity index (χ1n) is 6.05. The highest BCUT2D eigenvalue weighted by molar-refractivity contribution is 6.30. The summed E-state index contributed by atoms with van der Waals surface area (Å²) >= 11 is 5.83. The summed E-state index contributed by atoms with van der Waals surface area (Å²) in [4.78, 5) is 4.38. The van der Waals surface area contributed by atoms with Crippen LogP contribution in [-0.2, 0) is 0 Å². The lowest BCUT2D eigenvalue weighted by Gasteiger charge is -2.00. The maximum Gasteiger partial charge on any atom is 0.299 e. The molecule has 3 aromatic rings. The second-order valence-corrected chi connectivity index (χ2v) is 4.73. The van der Waals surface area contributed by atoms with E-state index in [1.54, 1.807) is 18.4 Å². The van der Waals surface area contributed by atoms with Gasteiger partial charge in [0.15, 0.2) is 0 Å². The van der Waals surface area contributed by atoms with Gasteiger partial charge in [-0.3, -0.25) is 0 Å². The standard InChI is InChI=1S/C15H12ClN3O/c16-11-3-7-13(8-4-11)18-15-19-14(9-20-15)10-1-5-12(17)6-2-10/h1-9H,17H2,(H,18,19). The highest BCUT2D eigenvalue weighted by Gasteiger charge is 2.06. The molecule has 20 heavy (non-hydrogen) atoms. The van der Waals surface area contributed by atoms with Crippen molar-refractivity contribution in [3.8, 4) is 11.3 Å². The number of aromatic nitrogens is 1. The van der Waals surface area contributed by atoms with Crippen molar-refractivity contribution in [1.82, 2.24) is 4.98 Å². The summed E-state index contributed by atoms with van der Waals surface area (Å²) in [5.74, 6) is 0. The number of nitrogens with one attached hydrogen (secondary N) is 1. The van der Waals surface area contributed by atoms with Crippen molar-refractivity contribution in [2.24, 2.45) is 0 Å². The Balaban J connectivity index is 1.80. The van der Waals surface area contributed by atoms with Crippen LogP contribution in [0.4, 0.5) is 17.4 Å². The molecule has 3 rings (SSSR count). The Bertz CT molecular complexity index is 705. The summed E-state index contributed by atoms with van der Waals surface area (Å²) in [7, 11) is 0. The molecule has 0 aliphatic rings. The third kappa shape index (κ3) is 2.75. The van der Waals surface area contributed by atoms with Gasteiger partial charge >= 0.3 is 0 Å². The van der Waals surface area contributed by atoms with Crippen molar-refractivity contribution < 1.29 is 4.42 Å². The Labute approximate surface area is 121 Å². The molecule has 0 fully saturated rings. The zero-order valence-electron chi connectivity index (χ0n) is 10.5. The van der Waals surface area contributed by atoms with Crippen LogP contribution in [0.25, 0.3) is 11.3 Å². The quantitative estimate of drug-likeness (QED) is 0.703. The number of oxazole rings is 1. The number of hydrogen-bond acceptors (Lipinski definition) is 4. The van der Waals surface area contributed by atoms with Crippen LogP contribution in [0.3, 0.4) is 0 Å². The van der Waals surface area contributed by atoms with Crippen LogP contribution in [0, 0.1) is 0 Å². The number of halogens is 1. The number of nitrogen functional groups attached to an aromatic ring is 1. The van der Waals surface area contributed by atoms with Gasteiger partial charge in [0.05, 0.1) is 0 Å². The molecular weight excluding hydrogens is 274 g/mol. The summed E-state index contributed by atoms with van der Waals surface area (Å²) in [6.45, 7) is 0. The van der Waals surface area contributed by atoms with Gasteiger partial charge in [-0.2, -0.15) is 4.98 Å². The SMILES string of the molecule is Nc1ccc(-c2coc(Nc3ccc(Cl)cc3)n2)cc1. The van der Waals surface area contributed by atoms with Gasteiger partial charge in [-0.1, -0.05) is 23.7 Å². The number of hydrogen-bond donors (Lipinski definition) is 2. The number of nitrogens with two attached hydrogens (primary N) is 1. The van der Waals surface area contributed by atoms with E-state index in [2.05, 4.69) is 10.3 Å². The number of nitrogens with zero attached hydrogens (tertiary/aromatic N) is 1. The fraction of sp³-hybridized carbons (Fsp3) is 0. The minimum Gasteiger partial charge on any atom is -0.431 e. The first kappa shape index (κ1) is 12.6. The molecule has 4 nitrogen and oxygen atoms in total. The Kier molecular flexibility index (Phi) is 3.31. The fourth-order valence-electron chi connectivity index (χ4n) is 1.77. The Morgan fingerprint density at radius 1 is 1.00 bits per heavy atom. The van der Waals surface area contributed by atoms with Crippen molar-refractivity contribution in [2.45, 2.75) is 0 Å². The smallest absolute Gasteiger partial charge is 0.299 e. The lowest BCUT2D eigenvalue weighted by atomic mass is 10.1. The van der Waals surface area contributed by atoms with Crippen LogP contribution in [0.5, 0.6) is 0 Å². The van der Waals surface area contributed by atoms with E-state index in [0.29, 0.717) is 11.0 Å². The molecule has 1 aromatic heterocycles. The molecule has 3 N–H and O–H groups in total. The van der Waals surface area contributed by atoms with Gasteiger partial charge in [0.25, 0.3) is 6.01 Å². The van der Waals surface area contributed by atoms with E-state index in [1.807, 2.05) is 36.4 Å². The molecule has 0 bridgehead atoms. The maximum atomic E-state index is 5.83. The van der Waals surface area contributed by atoms with Crippen LogP contribution in [-0.4, -0.2) is 4.98 Å². The van der Waals surface area contributed by atoms with Crippen LogP contribution in [0.15, 0.2) is 59.2 Å². The summed E-state index contributed by atoms with van der Waals surface area (Å²) in [6.07, 6.45) is 1.60. The highest BCUT2D eigenvalue weighted by Crippen LogP contribution is 2.24. The van der Waals surface area contributed by atoms with Crippen LogP contribution >= 0.6 is 11.6 Å². The molecule has 0 saturated carbocycles. The van der Waals surface area contributed by atoms with Crippen LogP contribution in [0.2, 0.25) is 5.02 Å². The van der Waals surface area contributed by atoms with Crippen molar-refractivity contribution in [1.29, 1.82) is 0 Å². The average molecular weight is 286 g/mol. The minimum absolute atomic E-state index is 0.430. The van der Waals surface area contributed by atoms with E-state index in [1.165, 1.54) is 0 Å². The van der Waals surface area contributed by atoms with Gasteiger partial charge in [0.2, 0.25) is 0 Å². The van der Waals surface area contributed by atoms with Crippen molar-refractivity contribution in [3.05, 3.63) is 59.8 Å². The highest BCUT2D eigenvalue weighted by atomic mass is 35.5. The predicted octanol–water partition coefficient (Wildman–Crippen LogP) is 4.32. The molecule has 100 valence electrons. The van der Waals surface area contributed by atoms with Gasteiger partial charge in [-0.05, 0) is 36.4 Å². The van der Waals surface area contributed by atoms with Crippen molar-refractivity contribution in [2.75, 3.05) is 11.1 Å².